The normalized spacial score (nSPS) is 35.2. The molecule has 2 fully saturated rings. The van der Waals surface area contributed by atoms with Crippen LogP contribution in [-0.2, 0) is 5.60 Å². The maximum absolute atomic E-state index is 11.0. The fourth-order valence-electron chi connectivity index (χ4n) is 3.65. The molecule has 0 amide bonds. The lowest BCUT2D eigenvalue weighted by atomic mass is 9.78. The lowest BCUT2D eigenvalue weighted by Crippen LogP contribution is -2.32. The highest BCUT2D eigenvalue weighted by molar-refractivity contribution is 6.30. The lowest BCUT2D eigenvalue weighted by Gasteiger charge is -2.34. The van der Waals surface area contributed by atoms with E-state index in [-0.39, 0.29) is 0 Å². The van der Waals surface area contributed by atoms with Crippen molar-refractivity contribution in [1.82, 2.24) is 0 Å². The Morgan fingerprint density at radius 3 is 2.82 bits per heavy atom. The zero-order valence-electron chi connectivity index (χ0n) is 9.95. The standard InChI is InChI=1S/C14H17ClO2/c1-17-13-5-4-11(15)7-12(13)14(16)8-9-2-3-10(14)6-9/h4-5,7,9-10,16H,2-3,6,8H2,1H3. The molecule has 3 heteroatoms. The van der Waals surface area contributed by atoms with Gasteiger partial charge in [0, 0.05) is 10.6 Å². The van der Waals surface area contributed by atoms with Crippen LogP contribution in [0.3, 0.4) is 0 Å². The Labute approximate surface area is 107 Å². The van der Waals surface area contributed by atoms with Crippen molar-refractivity contribution in [3.8, 4) is 5.75 Å². The first-order chi connectivity index (χ1) is 8.13. The second kappa shape index (κ2) is 3.89. The third-order valence-electron chi connectivity index (χ3n) is 4.44. The molecular weight excluding hydrogens is 236 g/mol. The van der Waals surface area contributed by atoms with E-state index >= 15 is 0 Å². The van der Waals surface area contributed by atoms with Crippen LogP contribution in [0.5, 0.6) is 5.75 Å². The van der Waals surface area contributed by atoms with E-state index in [1.54, 1.807) is 13.2 Å². The molecule has 1 aromatic rings. The number of ether oxygens (including phenoxy) is 1. The Bertz CT molecular complexity index is 446. The SMILES string of the molecule is COc1ccc(Cl)cc1C1(O)CC2CCC1C2. The predicted octanol–water partition coefficient (Wildman–Crippen LogP) is 3.36. The van der Waals surface area contributed by atoms with Crippen molar-refractivity contribution in [3.63, 3.8) is 0 Å². The van der Waals surface area contributed by atoms with Crippen molar-refractivity contribution in [3.05, 3.63) is 28.8 Å². The maximum Gasteiger partial charge on any atom is 0.125 e. The fraction of sp³-hybridized carbons (Fsp3) is 0.571. The summed E-state index contributed by atoms with van der Waals surface area (Å²) in [6.07, 6.45) is 4.38. The number of methoxy groups -OCH3 is 1. The number of halogens is 1. The van der Waals surface area contributed by atoms with Gasteiger partial charge in [-0.3, -0.25) is 0 Å². The Morgan fingerprint density at radius 2 is 2.24 bits per heavy atom. The molecule has 92 valence electrons. The van der Waals surface area contributed by atoms with Crippen molar-refractivity contribution in [2.24, 2.45) is 11.8 Å². The van der Waals surface area contributed by atoms with Crippen molar-refractivity contribution in [2.45, 2.75) is 31.3 Å². The van der Waals surface area contributed by atoms with Gasteiger partial charge >= 0.3 is 0 Å². The van der Waals surface area contributed by atoms with Gasteiger partial charge in [-0.25, -0.2) is 0 Å². The van der Waals surface area contributed by atoms with Crippen LogP contribution < -0.4 is 4.74 Å². The predicted molar refractivity (Wildman–Crippen MR) is 67.3 cm³/mol. The van der Waals surface area contributed by atoms with Gasteiger partial charge < -0.3 is 9.84 Å². The molecule has 0 radical (unpaired) electrons. The monoisotopic (exact) mass is 252 g/mol. The summed E-state index contributed by atoms with van der Waals surface area (Å²) < 4.78 is 5.37. The summed E-state index contributed by atoms with van der Waals surface area (Å²) in [5, 5.41) is 11.6. The highest BCUT2D eigenvalue weighted by Crippen LogP contribution is 2.57. The topological polar surface area (TPSA) is 29.5 Å². The van der Waals surface area contributed by atoms with E-state index in [2.05, 4.69) is 0 Å². The summed E-state index contributed by atoms with van der Waals surface area (Å²) in [5.41, 5.74) is 0.152. The number of benzene rings is 1. The Morgan fingerprint density at radius 1 is 1.41 bits per heavy atom. The zero-order chi connectivity index (χ0) is 12.0. The average Bonchev–Trinajstić information content (AvgIpc) is 2.89. The van der Waals surface area contributed by atoms with Crippen LogP contribution in [-0.4, -0.2) is 12.2 Å². The molecule has 2 nitrogen and oxygen atoms in total. The van der Waals surface area contributed by atoms with Gasteiger partial charge in [0.25, 0.3) is 0 Å². The molecule has 0 aliphatic heterocycles. The van der Waals surface area contributed by atoms with Crippen molar-refractivity contribution >= 4 is 11.6 Å². The molecule has 3 rings (SSSR count). The molecule has 1 aromatic carbocycles. The molecule has 0 aromatic heterocycles. The molecule has 2 bridgehead atoms. The second-order valence-corrected chi connectivity index (χ2v) is 5.79. The van der Waals surface area contributed by atoms with Gasteiger partial charge in [-0.15, -0.1) is 0 Å². The first-order valence-electron chi connectivity index (χ1n) is 6.20. The number of aliphatic hydroxyl groups is 1. The molecular formula is C14H17ClO2. The molecule has 1 N–H and O–H groups in total. The van der Waals surface area contributed by atoms with Gasteiger partial charge in [0.1, 0.15) is 5.75 Å². The van der Waals surface area contributed by atoms with E-state index in [1.165, 1.54) is 6.42 Å². The van der Waals surface area contributed by atoms with Crippen LogP contribution in [0, 0.1) is 11.8 Å². The van der Waals surface area contributed by atoms with Crippen molar-refractivity contribution in [2.75, 3.05) is 7.11 Å². The minimum absolute atomic E-state index is 0.375. The summed E-state index contributed by atoms with van der Waals surface area (Å²) in [7, 11) is 1.64. The molecule has 0 spiro atoms. The first-order valence-corrected chi connectivity index (χ1v) is 6.57. The molecule has 3 unspecified atom stereocenters. The van der Waals surface area contributed by atoms with Gasteiger partial charge in [-0.2, -0.15) is 0 Å². The minimum atomic E-state index is -0.723. The number of hydrogen-bond donors (Lipinski definition) is 1. The number of fused-ring (bicyclic) bond motifs is 2. The van der Waals surface area contributed by atoms with Crippen LogP contribution in [0.4, 0.5) is 0 Å². The molecule has 2 aliphatic rings. The van der Waals surface area contributed by atoms with E-state index < -0.39 is 5.60 Å². The van der Waals surface area contributed by atoms with Gasteiger partial charge in [0.2, 0.25) is 0 Å². The van der Waals surface area contributed by atoms with E-state index in [9.17, 15) is 5.11 Å². The molecule has 2 aliphatic carbocycles. The molecule has 17 heavy (non-hydrogen) atoms. The van der Waals surface area contributed by atoms with Crippen LogP contribution in [0.25, 0.3) is 0 Å². The third kappa shape index (κ3) is 1.66. The molecule has 0 saturated heterocycles. The first kappa shape index (κ1) is 11.4. The summed E-state index contributed by atoms with van der Waals surface area (Å²) in [6, 6.07) is 5.52. The van der Waals surface area contributed by atoms with Crippen molar-refractivity contribution in [1.29, 1.82) is 0 Å². The molecule has 3 atom stereocenters. The molecule has 2 saturated carbocycles. The fourth-order valence-corrected chi connectivity index (χ4v) is 3.82. The zero-order valence-corrected chi connectivity index (χ0v) is 10.7. The Balaban J connectivity index is 2.06. The van der Waals surface area contributed by atoms with Gasteiger partial charge in [-0.1, -0.05) is 11.6 Å². The largest absolute Gasteiger partial charge is 0.496 e. The summed E-state index contributed by atoms with van der Waals surface area (Å²) in [5.74, 6) is 1.80. The second-order valence-electron chi connectivity index (χ2n) is 5.35. The van der Waals surface area contributed by atoms with Gasteiger partial charge in [0.05, 0.1) is 12.7 Å². The Kier molecular flexibility index (Phi) is 2.60. The Hall–Kier alpha value is -0.730. The highest BCUT2D eigenvalue weighted by atomic mass is 35.5. The van der Waals surface area contributed by atoms with Gasteiger partial charge in [0.15, 0.2) is 0 Å². The van der Waals surface area contributed by atoms with E-state index in [0.717, 1.165) is 30.6 Å². The summed E-state index contributed by atoms with van der Waals surface area (Å²) in [4.78, 5) is 0. The number of hydrogen-bond acceptors (Lipinski definition) is 2. The van der Waals surface area contributed by atoms with Crippen LogP contribution in [0.1, 0.15) is 31.2 Å². The van der Waals surface area contributed by atoms with E-state index in [0.29, 0.717) is 16.9 Å². The van der Waals surface area contributed by atoms with Gasteiger partial charge in [-0.05, 0) is 55.7 Å². The van der Waals surface area contributed by atoms with Crippen molar-refractivity contribution < 1.29 is 9.84 Å². The van der Waals surface area contributed by atoms with Crippen LogP contribution >= 0.6 is 11.6 Å². The molecule has 0 heterocycles. The highest BCUT2D eigenvalue weighted by Gasteiger charge is 2.51. The third-order valence-corrected chi connectivity index (χ3v) is 4.68. The lowest BCUT2D eigenvalue weighted by molar-refractivity contribution is -0.0200. The smallest absolute Gasteiger partial charge is 0.125 e. The summed E-state index contributed by atoms with van der Waals surface area (Å²) >= 11 is 6.05. The maximum atomic E-state index is 11.0. The van der Waals surface area contributed by atoms with Crippen LogP contribution in [0.2, 0.25) is 5.02 Å². The quantitative estimate of drug-likeness (QED) is 0.875. The summed E-state index contributed by atoms with van der Waals surface area (Å²) in [6.45, 7) is 0. The van der Waals surface area contributed by atoms with Crippen LogP contribution in [0.15, 0.2) is 18.2 Å². The average molecular weight is 253 g/mol. The number of rotatable bonds is 2. The van der Waals surface area contributed by atoms with E-state index in [1.807, 2.05) is 12.1 Å². The minimum Gasteiger partial charge on any atom is -0.496 e. The van der Waals surface area contributed by atoms with E-state index in [4.69, 9.17) is 16.3 Å².